The Morgan fingerprint density at radius 1 is 1.25 bits per heavy atom. The average molecular weight is 234 g/mol. The van der Waals surface area contributed by atoms with Crippen LogP contribution < -0.4 is 0 Å². The number of hydrogen-bond donors (Lipinski definition) is 2. The fourth-order valence-electron chi connectivity index (χ4n) is 1.73. The molecule has 0 bridgehead atoms. The quantitative estimate of drug-likeness (QED) is 0.541. The van der Waals surface area contributed by atoms with Crippen molar-refractivity contribution in [1.82, 2.24) is 0 Å². The van der Waals surface area contributed by atoms with Gasteiger partial charge in [-0.05, 0) is 6.92 Å². The van der Waals surface area contributed by atoms with Crippen LogP contribution >= 0.6 is 0 Å². The summed E-state index contributed by atoms with van der Waals surface area (Å²) in [5.41, 5.74) is 0. The first kappa shape index (κ1) is 12.9. The second kappa shape index (κ2) is 5.78. The number of ether oxygens (including phenoxy) is 3. The Bertz CT molecular complexity index is 244. The largest absolute Gasteiger partial charge is 0.458 e. The van der Waals surface area contributed by atoms with E-state index in [-0.39, 0.29) is 12.9 Å². The molecule has 0 aromatic heterocycles. The molecule has 1 rings (SSSR count). The van der Waals surface area contributed by atoms with E-state index >= 15 is 0 Å². The summed E-state index contributed by atoms with van der Waals surface area (Å²) in [7, 11) is 0. The molecule has 1 saturated heterocycles. The Hall–Kier alpha value is -1.18. The number of rotatable bonds is 5. The van der Waals surface area contributed by atoms with Gasteiger partial charge in [-0.1, -0.05) is 0 Å². The zero-order chi connectivity index (χ0) is 12.1. The number of carbonyl (C=O) groups is 2. The standard InChI is InChI=1S/C9H14O7/c1-5-8(14-3-11)9(15-4-12)7(13)6(2-10)16-5/h3-10,13H,2H2,1H3/t5?,6-,7-,8-,9-/m1/s1. The van der Waals surface area contributed by atoms with E-state index < -0.39 is 37.1 Å². The van der Waals surface area contributed by atoms with Crippen molar-refractivity contribution in [1.29, 1.82) is 0 Å². The first-order valence-corrected chi connectivity index (χ1v) is 4.78. The summed E-state index contributed by atoms with van der Waals surface area (Å²) in [6, 6.07) is 0. The highest BCUT2D eigenvalue weighted by Crippen LogP contribution is 2.24. The maximum Gasteiger partial charge on any atom is 0.293 e. The van der Waals surface area contributed by atoms with E-state index in [1.807, 2.05) is 0 Å². The molecule has 0 aromatic rings. The lowest BCUT2D eigenvalue weighted by Crippen LogP contribution is -2.59. The number of aliphatic hydroxyl groups is 2. The third kappa shape index (κ3) is 2.49. The SMILES string of the molecule is CC1O[C@H](CO)[C@@H](O)[C@@H](OC=O)[C@@H]1OC=O. The fourth-order valence-corrected chi connectivity index (χ4v) is 1.73. The molecule has 0 radical (unpaired) electrons. The Labute approximate surface area is 91.9 Å². The Kier molecular flexibility index (Phi) is 4.66. The van der Waals surface area contributed by atoms with Gasteiger partial charge in [0.1, 0.15) is 12.2 Å². The molecular formula is C9H14O7. The smallest absolute Gasteiger partial charge is 0.293 e. The van der Waals surface area contributed by atoms with E-state index in [1.165, 1.54) is 0 Å². The molecule has 0 aliphatic carbocycles. The lowest BCUT2D eigenvalue weighted by Gasteiger charge is -2.40. The highest BCUT2D eigenvalue weighted by atomic mass is 16.6. The molecule has 0 aromatic carbocycles. The fraction of sp³-hybridized carbons (Fsp3) is 0.778. The molecule has 7 heteroatoms. The van der Waals surface area contributed by atoms with Gasteiger partial charge in [0.05, 0.1) is 12.7 Å². The molecule has 1 aliphatic rings. The van der Waals surface area contributed by atoms with Crippen LogP contribution in [0.3, 0.4) is 0 Å². The van der Waals surface area contributed by atoms with E-state index in [4.69, 9.17) is 14.6 Å². The van der Waals surface area contributed by atoms with E-state index in [0.717, 1.165) is 0 Å². The summed E-state index contributed by atoms with van der Waals surface area (Å²) in [4.78, 5) is 20.6. The molecule has 1 unspecified atom stereocenters. The topological polar surface area (TPSA) is 102 Å². The molecule has 5 atom stereocenters. The number of hydrogen-bond acceptors (Lipinski definition) is 7. The van der Waals surface area contributed by atoms with Crippen LogP contribution in [-0.4, -0.2) is 60.3 Å². The molecule has 1 heterocycles. The minimum Gasteiger partial charge on any atom is -0.458 e. The van der Waals surface area contributed by atoms with Gasteiger partial charge >= 0.3 is 0 Å². The minimum atomic E-state index is -1.24. The maximum atomic E-state index is 10.3. The second-order valence-electron chi connectivity index (χ2n) is 3.45. The minimum absolute atomic E-state index is 0.154. The van der Waals surface area contributed by atoms with Crippen LogP contribution in [0.5, 0.6) is 0 Å². The molecule has 1 fully saturated rings. The summed E-state index contributed by atoms with van der Waals surface area (Å²) >= 11 is 0. The zero-order valence-electron chi connectivity index (χ0n) is 8.68. The molecule has 0 amide bonds. The predicted octanol–water partition coefficient (Wildman–Crippen LogP) is -1.79. The monoisotopic (exact) mass is 234 g/mol. The second-order valence-corrected chi connectivity index (χ2v) is 3.45. The van der Waals surface area contributed by atoms with Gasteiger partial charge in [-0.25, -0.2) is 0 Å². The predicted molar refractivity (Wildman–Crippen MR) is 49.3 cm³/mol. The van der Waals surface area contributed by atoms with Crippen molar-refractivity contribution in [3.8, 4) is 0 Å². The first-order chi connectivity index (χ1) is 7.65. The van der Waals surface area contributed by atoms with Crippen molar-refractivity contribution in [2.24, 2.45) is 0 Å². The van der Waals surface area contributed by atoms with Crippen LogP contribution in [0.2, 0.25) is 0 Å². The summed E-state index contributed by atoms with van der Waals surface area (Å²) in [6.07, 6.45) is -4.62. The van der Waals surface area contributed by atoms with Crippen LogP contribution in [0.15, 0.2) is 0 Å². The summed E-state index contributed by atoms with van der Waals surface area (Å²) < 4.78 is 14.6. The van der Waals surface area contributed by atoms with Crippen molar-refractivity contribution < 1.29 is 34.0 Å². The zero-order valence-corrected chi connectivity index (χ0v) is 8.68. The van der Waals surface area contributed by atoms with Gasteiger partial charge in [0.25, 0.3) is 12.9 Å². The normalized spacial score (nSPS) is 38.8. The van der Waals surface area contributed by atoms with E-state index in [2.05, 4.69) is 4.74 Å². The molecule has 92 valence electrons. The van der Waals surface area contributed by atoms with Crippen molar-refractivity contribution in [2.75, 3.05) is 6.61 Å². The molecule has 0 spiro atoms. The van der Waals surface area contributed by atoms with Gasteiger partial charge in [0.15, 0.2) is 12.2 Å². The lowest BCUT2D eigenvalue weighted by molar-refractivity contribution is -0.235. The van der Waals surface area contributed by atoms with E-state index in [0.29, 0.717) is 0 Å². The number of carbonyl (C=O) groups excluding carboxylic acids is 2. The van der Waals surface area contributed by atoms with Gasteiger partial charge in [0.2, 0.25) is 0 Å². The summed E-state index contributed by atoms with van der Waals surface area (Å²) in [5, 5.41) is 18.7. The first-order valence-electron chi connectivity index (χ1n) is 4.78. The van der Waals surface area contributed by atoms with Crippen LogP contribution in [0.1, 0.15) is 6.92 Å². The third-order valence-corrected chi connectivity index (χ3v) is 2.50. The van der Waals surface area contributed by atoms with Crippen LogP contribution in [0.25, 0.3) is 0 Å². The lowest BCUT2D eigenvalue weighted by atomic mass is 9.95. The Morgan fingerprint density at radius 3 is 2.31 bits per heavy atom. The van der Waals surface area contributed by atoms with Crippen LogP contribution in [0, 0.1) is 0 Å². The van der Waals surface area contributed by atoms with Gasteiger partial charge in [-0.15, -0.1) is 0 Å². The molecule has 2 N–H and O–H groups in total. The van der Waals surface area contributed by atoms with Crippen LogP contribution in [0.4, 0.5) is 0 Å². The van der Waals surface area contributed by atoms with Gasteiger partial charge in [-0.2, -0.15) is 0 Å². The van der Waals surface area contributed by atoms with Crippen molar-refractivity contribution in [3.63, 3.8) is 0 Å². The Morgan fingerprint density at radius 2 is 1.81 bits per heavy atom. The average Bonchev–Trinajstić information content (AvgIpc) is 2.28. The molecule has 0 saturated carbocycles. The van der Waals surface area contributed by atoms with Gasteiger partial charge in [-0.3, -0.25) is 9.59 Å². The van der Waals surface area contributed by atoms with Crippen LogP contribution in [-0.2, 0) is 23.8 Å². The third-order valence-electron chi connectivity index (χ3n) is 2.50. The molecule has 7 nitrogen and oxygen atoms in total. The molecular weight excluding hydrogens is 220 g/mol. The molecule has 1 aliphatic heterocycles. The van der Waals surface area contributed by atoms with Gasteiger partial charge < -0.3 is 24.4 Å². The van der Waals surface area contributed by atoms with Crippen molar-refractivity contribution >= 4 is 12.9 Å². The van der Waals surface area contributed by atoms with E-state index in [1.54, 1.807) is 6.92 Å². The highest BCUT2D eigenvalue weighted by molar-refractivity contribution is 5.40. The summed E-state index contributed by atoms with van der Waals surface area (Å²) in [5.74, 6) is 0. The maximum absolute atomic E-state index is 10.3. The highest BCUT2D eigenvalue weighted by Gasteiger charge is 2.46. The number of aliphatic hydroxyl groups excluding tert-OH is 2. The summed E-state index contributed by atoms with van der Waals surface area (Å²) in [6.45, 7) is 1.51. The Balaban J connectivity index is 2.81. The van der Waals surface area contributed by atoms with E-state index in [9.17, 15) is 14.7 Å². The van der Waals surface area contributed by atoms with Crippen molar-refractivity contribution in [3.05, 3.63) is 0 Å². The van der Waals surface area contributed by atoms with Gasteiger partial charge in [0, 0.05) is 0 Å². The molecule has 16 heavy (non-hydrogen) atoms. The van der Waals surface area contributed by atoms with Crippen molar-refractivity contribution in [2.45, 2.75) is 37.4 Å².